The van der Waals surface area contributed by atoms with Crippen LogP contribution in [0.1, 0.15) is 49.3 Å². The van der Waals surface area contributed by atoms with Gasteiger partial charge in [-0.2, -0.15) is 0 Å². The van der Waals surface area contributed by atoms with E-state index in [1.165, 1.54) is 11.1 Å². The van der Waals surface area contributed by atoms with Crippen molar-refractivity contribution in [1.29, 1.82) is 0 Å². The standard InChI is InChI=1S/C23H26O3/c1-23-13-5-8-19(22(24)25)20(23)12-10-17-9-11-18(14-21(17)23)26-15-16-6-3-2-4-7-16/h2-4,6-7,9,11,14,19-20H,5,8,10,12-13,15H2,1H3,(H,24,25). The summed E-state index contributed by atoms with van der Waals surface area (Å²) in [4.78, 5) is 11.8. The largest absolute Gasteiger partial charge is 0.489 e. The molecule has 1 fully saturated rings. The normalized spacial score (nSPS) is 27.3. The Labute approximate surface area is 155 Å². The maximum absolute atomic E-state index is 11.8. The molecule has 3 unspecified atom stereocenters. The zero-order valence-corrected chi connectivity index (χ0v) is 15.3. The van der Waals surface area contributed by atoms with Crippen LogP contribution in [0.4, 0.5) is 0 Å². The van der Waals surface area contributed by atoms with Gasteiger partial charge in [-0.05, 0) is 65.8 Å². The molecule has 0 radical (unpaired) electrons. The second-order valence-electron chi connectivity index (χ2n) is 7.99. The van der Waals surface area contributed by atoms with Crippen LogP contribution >= 0.6 is 0 Å². The van der Waals surface area contributed by atoms with E-state index in [0.29, 0.717) is 6.61 Å². The minimum Gasteiger partial charge on any atom is -0.489 e. The molecule has 136 valence electrons. The van der Waals surface area contributed by atoms with Crippen LogP contribution in [0.2, 0.25) is 0 Å². The van der Waals surface area contributed by atoms with Gasteiger partial charge < -0.3 is 9.84 Å². The Balaban J connectivity index is 1.61. The molecule has 2 aromatic rings. The lowest BCUT2D eigenvalue weighted by atomic mass is 9.55. The Morgan fingerprint density at radius 2 is 2.00 bits per heavy atom. The highest BCUT2D eigenvalue weighted by Crippen LogP contribution is 2.52. The predicted molar refractivity (Wildman–Crippen MR) is 101 cm³/mol. The molecule has 0 heterocycles. The first-order chi connectivity index (χ1) is 12.6. The summed E-state index contributed by atoms with van der Waals surface area (Å²) in [6, 6.07) is 16.6. The molecular weight excluding hydrogens is 324 g/mol. The number of rotatable bonds is 4. The van der Waals surface area contributed by atoms with Crippen molar-refractivity contribution in [3.63, 3.8) is 0 Å². The molecule has 3 nitrogen and oxygen atoms in total. The Morgan fingerprint density at radius 3 is 2.77 bits per heavy atom. The van der Waals surface area contributed by atoms with Gasteiger partial charge in [-0.1, -0.05) is 49.7 Å². The molecule has 2 aliphatic carbocycles. The first-order valence-corrected chi connectivity index (χ1v) is 9.61. The zero-order chi connectivity index (χ0) is 18.1. The first kappa shape index (κ1) is 17.1. The number of carboxylic acid groups (broad SMARTS) is 1. The van der Waals surface area contributed by atoms with Crippen LogP contribution < -0.4 is 4.74 Å². The summed E-state index contributed by atoms with van der Waals surface area (Å²) in [7, 11) is 0. The van der Waals surface area contributed by atoms with E-state index in [2.05, 4.69) is 37.3 Å². The summed E-state index contributed by atoms with van der Waals surface area (Å²) >= 11 is 0. The van der Waals surface area contributed by atoms with Gasteiger partial charge in [0.2, 0.25) is 0 Å². The second kappa shape index (κ2) is 6.79. The summed E-state index contributed by atoms with van der Waals surface area (Å²) in [5.74, 6) is 0.272. The van der Waals surface area contributed by atoms with E-state index in [4.69, 9.17) is 4.74 Å². The molecule has 0 saturated heterocycles. The highest BCUT2D eigenvalue weighted by molar-refractivity contribution is 5.71. The molecule has 0 aromatic heterocycles. The first-order valence-electron chi connectivity index (χ1n) is 9.61. The summed E-state index contributed by atoms with van der Waals surface area (Å²) in [6.07, 6.45) is 4.81. The number of benzene rings is 2. The number of ether oxygens (including phenoxy) is 1. The van der Waals surface area contributed by atoms with Crippen molar-refractivity contribution in [3.05, 3.63) is 65.2 Å². The van der Waals surface area contributed by atoms with E-state index in [1.807, 2.05) is 18.2 Å². The van der Waals surface area contributed by atoms with E-state index in [0.717, 1.165) is 43.4 Å². The van der Waals surface area contributed by atoms with Crippen molar-refractivity contribution in [2.75, 3.05) is 0 Å². The van der Waals surface area contributed by atoms with Gasteiger partial charge in [-0.25, -0.2) is 0 Å². The van der Waals surface area contributed by atoms with Gasteiger partial charge in [-0.3, -0.25) is 4.79 Å². The quantitative estimate of drug-likeness (QED) is 0.847. The molecule has 26 heavy (non-hydrogen) atoms. The van der Waals surface area contributed by atoms with Gasteiger partial charge in [0.1, 0.15) is 12.4 Å². The summed E-state index contributed by atoms with van der Waals surface area (Å²) in [5, 5.41) is 9.68. The van der Waals surface area contributed by atoms with E-state index >= 15 is 0 Å². The number of hydrogen-bond donors (Lipinski definition) is 1. The lowest BCUT2D eigenvalue weighted by Gasteiger charge is -2.49. The second-order valence-corrected chi connectivity index (χ2v) is 7.99. The molecule has 1 N–H and O–H groups in total. The van der Waals surface area contributed by atoms with Crippen molar-refractivity contribution in [3.8, 4) is 5.75 Å². The number of carbonyl (C=O) groups is 1. The molecule has 2 aromatic carbocycles. The fourth-order valence-electron chi connectivity index (χ4n) is 5.12. The van der Waals surface area contributed by atoms with Crippen LogP contribution in [-0.2, 0) is 23.2 Å². The Bertz CT molecular complexity index is 798. The molecule has 4 rings (SSSR count). The third-order valence-electron chi connectivity index (χ3n) is 6.50. The van der Waals surface area contributed by atoms with Crippen LogP contribution in [0, 0.1) is 11.8 Å². The van der Waals surface area contributed by atoms with E-state index in [1.54, 1.807) is 0 Å². The number of aryl methyl sites for hydroxylation is 1. The topological polar surface area (TPSA) is 46.5 Å². The van der Waals surface area contributed by atoms with Crippen molar-refractivity contribution < 1.29 is 14.6 Å². The smallest absolute Gasteiger partial charge is 0.306 e. The summed E-state index contributed by atoms with van der Waals surface area (Å²) < 4.78 is 6.04. The fraction of sp³-hybridized carbons (Fsp3) is 0.435. The van der Waals surface area contributed by atoms with Crippen LogP contribution in [0.25, 0.3) is 0 Å². The van der Waals surface area contributed by atoms with Crippen molar-refractivity contribution >= 4 is 5.97 Å². The minimum atomic E-state index is -0.624. The van der Waals surface area contributed by atoms with Gasteiger partial charge in [-0.15, -0.1) is 0 Å². The Kier molecular flexibility index (Phi) is 4.47. The molecule has 3 atom stereocenters. The highest BCUT2D eigenvalue weighted by atomic mass is 16.5. The number of fused-ring (bicyclic) bond motifs is 3. The number of aliphatic carboxylic acids is 1. The van der Waals surface area contributed by atoms with Gasteiger partial charge >= 0.3 is 5.97 Å². The SMILES string of the molecule is CC12CCCC(C(=O)O)C1CCc1ccc(OCc3ccccc3)cc12. The molecule has 0 bridgehead atoms. The number of carboxylic acids is 1. The average molecular weight is 350 g/mol. The third-order valence-corrected chi connectivity index (χ3v) is 6.50. The predicted octanol–water partition coefficient (Wildman–Crippen LogP) is 4.97. The molecule has 0 aliphatic heterocycles. The summed E-state index contributed by atoms with van der Waals surface area (Å²) in [6.45, 7) is 2.82. The van der Waals surface area contributed by atoms with Crippen LogP contribution in [0.3, 0.4) is 0 Å². The average Bonchev–Trinajstić information content (AvgIpc) is 2.66. The van der Waals surface area contributed by atoms with Gasteiger partial charge in [0.25, 0.3) is 0 Å². The van der Waals surface area contributed by atoms with Crippen molar-refractivity contribution in [2.45, 2.75) is 51.0 Å². The van der Waals surface area contributed by atoms with Gasteiger partial charge in [0.15, 0.2) is 0 Å². The molecule has 0 amide bonds. The molecule has 3 heteroatoms. The van der Waals surface area contributed by atoms with Crippen LogP contribution in [0.15, 0.2) is 48.5 Å². The minimum absolute atomic E-state index is 0.0546. The monoisotopic (exact) mass is 350 g/mol. The van der Waals surface area contributed by atoms with Crippen molar-refractivity contribution in [2.24, 2.45) is 11.8 Å². The highest BCUT2D eigenvalue weighted by Gasteiger charge is 2.48. The maximum Gasteiger partial charge on any atom is 0.306 e. The van der Waals surface area contributed by atoms with E-state index in [-0.39, 0.29) is 17.3 Å². The van der Waals surface area contributed by atoms with E-state index in [9.17, 15) is 9.90 Å². The number of hydrogen-bond acceptors (Lipinski definition) is 2. The van der Waals surface area contributed by atoms with E-state index < -0.39 is 5.97 Å². The molecule has 0 spiro atoms. The zero-order valence-electron chi connectivity index (χ0n) is 15.3. The third kappa shape index (κ3) is 3.00. The van der Waals surface area contributed by atoms with Crippen LogP contribution in [0.5, 0.6) is 5.75 Å². The summed E-state index contributed by atoms with van der Waals surface area (Å²) in [5.41, 5.74) is 3.77. The van der Waals surface area contributed by atoms with Gasteiger partial charge in [0, 0.05) is 0 Å². The lowest BCUT2D eigenvalue weighted by molar-refractivity contribution is -0.147. The molecular formula is C23H26O3. The van der Waals surface area contributed by atoms with Gasteiger partial charge in [0.05, 0.1) is 5.92 Å². The Hall–Kier alpha value is -2.29. The van der Waals surface area contributed by atoms with Crippen molar-refractivity contribution in [1.82, 2.24) is 0 Å². The maximum atomic E-state index is 11.8. The Morgan fingerprint density at radius 1 is 1.19 bits per heavy atom. The lowest BCUT2D eigenvalue weighted by Crippen LogP contribution is -2.46. The molecule has 1 saturated carbocycles. The fourth-order valence-corrected chi connectivity index (χ4v) is 5.12. The van der Waals surface area contributed by atoms with Crippen LogP contribution in [-0.4, -0.2) is 11.1 Å². The molecule has 2 aliphatic rings.